The first kappa shape index (κ1) is 15.8. The van der Waals surface area contributed by atoms with E-state index in [1.165, 1.54) is 4.90 Å². The van der Waals surface area contributed by atoms with Gasteiger partial charge in [0.15, 0.2) is 11.5 Å². The summed E-state index contributed by atoms with van der Waals surface area (Å²) < 4.78 is 10.1. The van der Waals surface area contributed by atoms with Crippen LogP contribution in [0.5, 0.6) is 0 Å². The lowest BCUT2D eigenvalue weighted by Crippen LogP contribution is -2.23. The van der Waals surface area contributed by atoms with Crippen LogP contribution in [0.3, 0.4) is 0 Å². The van der Waals surface area contributed by atoms with Gasteiger partial charge in [0.05, 0.1) is 6.54 Å². The Balaban J connectivity index is 1.50. The highest BCUT2D eigenvalue weighted by Crippen LogP contribution is 2.23. The molecule has 0 spiro atoms. The average Bonchev–Trinajstić information content (AvgIpc) is 3.32. The normalized spacial score (nSPS) is 13.5. The predicted octanol–water partition coefficient (Wildman–Crippen LogP) is 2.95. The van der Waals surface area contributed by atoms with E-state index in [4.69, 9.17) is 9.26 Å². The van der Waals surface area contributed by atoms with E-state index in [2.05, 4.69) is 15.5 Å². The lowest BCUT2D eigenvalue weighted by molar-refractivity contribution is 0.101. The minimum absolute atomic E-state index is 0.148. The molecule has 1 aliphatic heterocycles. The van der Waals surface area contributed by atoms with Crippen molar-refractivity contribution >= 4 is 23.4 Å². The van der Waals surface area contributed by atoms with Crippen LogP contribution in [-0.4, -0.2) is 35.3 Å². The summed E-state index contributed by atoms with van der Waals surface area (Å²) in [6.07, 6.45) is 2.88. The van der Waals surface area contributed by atoms with Crippen LogP contribution >= 0.6 is 0 Å². The Bertz CT molecular complexity index is 955. The zero-order valence-electron chi connectivity index (χ0n) is 13.6. The van der Waals surface area contributed by atoms with Gasteiger partial charge in [-0.3, -0.25) is 14.7 Å². The maximum atomic E-state index is 12.4. The van der Waals surface area contributed by atoms with E-state index in [0.29, 0.717) is 30.3 Å². The number of benzene rings is 1. The maximum absolute atomic E-state index is 12.4. The first-order chi connectivity index (χ1) is 12.7. The third kappa shape index (κ3) is 3.12. The van der Waals surface area contributed by atoms with Crippen molar-refractivity contribution in [1.82, 2.24) is 10.1 Å². The Hall–Kier alpha value is -3.68. The molecule has 0 radical (unpaired) electrons. The Morgan fingerprint density at radius 1 is 1.19 bits per heavy atom. The van der Waals surface area contributed by atoms with Crippen LogP contribution in [0.25, 0.3) is 11.3 Å². The molecule has 1 fully saturated rings. The van der Waals surface area contributed by atoms with Crippen molar-refractivity contribution in [2.45, 2.75) is 0 Å². The van der Waals surface area contributed by atoms with Crippen LogP contribution in [-0.2, 0) is 4.74 Å². The highest BCUT2D eigenvalue weighted by Gasteiger charge is 2.23. The summed E-state index contributed by atoms with van der Waals surface area (Å²) in [6, 6.07) is 12.1. The van der Waals surface area contributed by atoms with Crippen LogP contribution in [0, 0.1) is 0 Å². The fourth-order valence-electron chi connectivity index (χ4n) is 2.60. The second-order valence-electron chi connectivity index (χ2n) is 5.59. The topological polar surface area (TPSA) is 97.6 Å². The quantitative estimate of drug-likeness (QED) is 0.777. The molecule has 0 bridgehead atoms. The number of amides is 2. The molecule has 8 nitrogen and oxygen atoms in total. The number of ether oxygens (including phenoxy) is 1. The maximum Gasteiger partial charge on any atom is 0.414 e. The van der Waals surface area contributed by atoms with Crippen molar-refractivity contribution in [3.8, 4) is 11.3 Å². The van der Waals surface area contributed by atoms with Gasteiger partial charge < -0.3 is 14.6 Å². The van der Waals surface area contributed by atoms with Crippen molar-refractivity contribution in [2.75, 3.05) is 23.4 Å². The predicted molar refractivity (Wildman–Crippen MR) is 92.8 cm³/mol. The summed E-state index contributed by atoms with van der Waals surface area (Å²) in [4.78, 5) is 29.6. The van der Waals surface area contributed by atoms with E-state index >= 15 is 0 Å². The fraction of sp³-hybridized carbons (Fsp3) is 0.111. The number of pyridine rings is 1. The first-order valence-electron chi connectivity index (χ1n) is 7.93. The Labute approximate surface area is 148 Å². The molecule has 2 amide bonds. The van der Waals surface area contributed by atoms with E-state index in [1.54, 1.807) is 48.8 Å². The van der Waals surface area contributed by atoms with Crippen molar-refractivity contribution < 1.29 is 18.8 Å². The zero-order valence-corrected chi connectivity index (χ0v) is 13.6. The van der Waals surface area contributed by atoms with Crippen molar-refractivity contribution in [2.24, 2.45) is 0 Å². The Morgan fingerprint density at radius 2 is 2.12 bits per heavy atom. The summed E-state index contributed by atoms with van der Waals surface area (Å²) >= 11 is 0. The van der Waals surface area contributed by atoms with E-state index in [0.717, 1.165) is 5.56 Å². The largest absolute Gasteiger partial charge is 0.447 e. The number of carbonyl (C=O) groups excluding carboxylic acids is 2. The van der Waals surface area contributed by atoms with E-state index in [1.807, 2.05) is 6.07 Å². The summed E-state index contributed by atoms with van der Waals surface area (Å²) in [6.45, 7) is 0.833. The van der Waals surface area contributed by atoms with Gasteiger partial charge in [-0.15, -0.1) is 0 Å². The number of nitrogens with zero attached hydrogens (tertiary/aromatic N) is 3. The van der Waals surface area contributed by atoms with Crippen LogP contribution in [0.15, 0.2) is 59.4 Å². The van der Waals surface area contributed by atoms with E-state index in [9.17, 15) is 9.59 Å². The number of cyclic esters (lactones) is 1. The van der Waals surface area contributed by atoms with Crippen molar-refractivity contribution in [1.29, 1.82) is 0 Å². The molecule has 1 aliphatic rings. The van der Waals surface area contributed by atoms with Gasteiger partial charge in [-0.25, -0.2) is 4.79 Å². The monoisotopic (exact) mass is 350 g/mol. The highest BCUT2D eigenvalue weighted by atomic mass is 16.6. The van der Waals surface area contributed by atoms with Gasteiger partial charge >= 0.3 is 6.09 Å². The Morgan fingerprint density at radius 3 is 2.88 bits per heavy atom. The zero-order chi connectivity index (χ0) is 17.9. The molecule has 130 valence electrons. The van der Waals surface area contributed by atoms with Crippen LogP contribution in [0.4, 0.5) is 16.2 Å². The third-order valence-electron chi connectivity index (χ3n) is 3.87. The van der Waals surface area contributed by atoms with Gasteiger partial charge in [-0.05, 0) is 30.3 Å². The van der Waals surface area contributed by atoms with E-state index in [-0.39, 0.29) is 5.69 Å². The molecule has 3 aromatic rings. The first-order valence-corrected chi connectivity index (χ1v) is 7.93. The molecule has 8 heteroatoms. The van der Waals surface area contributed by atoms with Gasteiger partial charge in [0.2, 0.25) is 0 Å². The average molecular weight is 350 g/mol. The van der Waals surface area contributed by atoms with Crippen molar-refractivity contribution in [3.05, 3.63) is 60.6 Å². The number of aromatic nitrogens is 2. The van der Waals surface area contributed by atoms with Crippen molar-refractivity contribution in [3.63, 3.8) is 0 Å². The van der Waals surface area contributed by atoms with Gasteiger partial charge in [0.25, 0.3) is 5.91 Å². The standard InChI is InChI=1S/C18H14N4O4/c23-17(15-10-16(26-21-15)12-3-2-6-19-11-12)20-13-4-1-5-14(9-13)22-7-8-25-18(22)24/h1-6,9-11H,7-8H2,(H,20,23). The van der Waals surface area contributed by atoms with Crippen LogP contribution in [0.1, 0.15) is 10.5 Å². The third-order valence-corrected chi connectivity index (χ3v) is 3.87. The molecule has 3 heterocycles. The highest BCUT2D eigenvalue weighted by molar-refractivity contribution is 6.03. The number of anilines is 2. The number of rotatable bonds is 4. The summed E-state index contributed by atoms with van der Waals surface area (Å²) in [5.74, 6) is 0.0434. The van der Waals surface area contributed by atoms with Gasteiger partial charge in [-0.1, -0.05) is 11.2 Å². The van der Waals surface area contributed by atoms with Gasteiger partial charge in [0.1, 0.15) is 6.61 Å². The molecule has 0 atom stereocenters. The summed E-state index contributed by atoms with van der Waals surface area (Å²) in [7, 11) is 0. The van der Waals surface area contributed by atoms with Gasteiger partial charge in [-0.2, -0.15) is 0 Å². The lowest BCUT2D eigenvalue weighted by Gasteiger charge is -2.13. The summed E-state index contributed by atoms with van der Waals surface area (Å²) in [5, 5.41) is 6.55. The van der Waals surface area contributed by atoms with Crippen LogP contribution in [0.2, 0.25) is 0 Å². The van der Waals surface area contributed by atoms with E-state index < -0.39 is 12.0 Å². The van der Waals surface area contributed by atoms with Crippen LogP contribution < -0.4 is 10.2 Å². The number of carbonyl (C=O) groups is 2. The molecule has 1 aromatic carbocycles. The second-order valence-corrected chi connectivity index (χ2v) is 5.59. The molecular weight excluding hydrogens is 336 g/mol. The fourth-order valence-corrected chi connectivity index (χ4v) is 2.60. The summed E-state index contributed by atoms with van der Waals surface area (Å²) in [5.41, 5.74) is 2.07. The number of nitrogens with one attached hydrogen (secondary N) is 1. The number of hydrogen-bond acceptors (Lipinski definition) is 6. The molecule has 0 saturated carbocycles. The molecule has 26 heavy (non-hydrogen) atoms. The molecule has 1 N–H and O–H groups in total. The minimum atomic E-state index is -0.412. The molecule has 1 saturated heterocycles. The SMILES string of the molecule is O=C(Nc1cccc(N2CCOC2=O)c1)c1cc(-c2cccnc2)on1. The minimum Gasteiger partial charge on any atom is -0.447 e. The smallest absolute Gasteiger partial charge is 0.414 e. The molecule has 0 aliphatic carbocycles. The Kier molecular flexibility index (Phi) is 4.06. The lowest BCUT2D eigenvalue weighted by atomic mass is 10.2. The molecule has 0 unspecified atom stereocenters. The molecule has 4 rings (SSSR count). The second kappa shape index (κ2) is 6.67. The number of hydrogen-bond donors (Lipinski definition) is 1. The van der Waals surface area contributed by atoms with Gasteiger partial charge in [0, 0.05) is 35.4 Å². The molecule has 2 aromatic heterocycles. The molecular formula is C18H14N4O4.